The van der Waals surface area contributed by atoms with Crippen LogP contribution in [0.5, 0.6) is 0 Å². The minimum absolute atomic E-state index is 0.258. The molecule has 0 aliphatic carbocycles. The molecule has 1 aliphatic heterocycles. The zero-order valence-corrected chi connectivity index (χ0v) is 13.8. The lowest BCUT2D eigenvalue weighted by atomic mass is 10.1. The Balaban J connectivity index is 2.05. The average Bonchev–Trinajstić information content (AvgIpc) is 2.54. The second-order valence-electron chi connectivity index (χ2n) is 5.41. The van der Waals surface area contributed by atoms with E-state index in [4.69, 9.17) is 4.42 Å². The number of fused-ring (bicyclic) bond motifs is 3. The zero-order chi connectivity index (χ0) is 16.8. The van der Waals surface area contributed by atoms with Crippen molar-refractivity contribution in [2.75, 3.05) is 11.4 Å². The first kappa shape index (κ1) is 14.8. The van der Waals surface area contributed by atoms with Crippen LogP contribution in [0, 0.1) is 6.92 Å². The molecule has 120 valence electrons. The van der Waals surface area contributed by atoms with Crippen molar-refractivity contribution in [3.05, 3.63) is 69.1 Å². The Kier molecular flexibility index (Phi) is 3.31. The van der Waals surface area contributed by atoms with E-state index in [-0.39, 0.29) is 5.82 Å². The maximum Gasteiger partial charge on any atom is 0.428 e. The molecule has 0 saturated heterocycles. The summed E-state index contributed by atoms with van der Waals surface area (Å²) < 4.78 is 8.20. The molecule has 1 aromatic carbocycles. The first-order valence-corrected chi connectivity index (χ1v) is 8.09. The summed E-state index contributed by atoms with van der Waals surface area (Å²) in [5.41, 5.74) is 1.35. The van der Waals surface area contributed by atoms with Crippen LogP contribution >= 0.6 is 11.9 Å². The summed E-state index contributed by atoms with van der Waals surface area (Å²) in [5.74, 6) is -0.188. The molecule has 0 unspecified atom stereocenters. The molecule has 0 bridgehead atoms. The van der Waals surface area contributed by atoms with Crippen molar-refractivity contribution in [3.63, 3.8) is 0 Å². The highest BCUT2D eigenvalue weighted by atomic mass is 32.2. The lowest BCUT2D eigenvalue weighted by Crippen LogP contribution is -2.36. The van der Waals surface area contributed by atoms with Crippen LogP contribution in [0.4, 0.5) is 5.69 Å². The number of nitrogens with zero attached hydrogens (tertiary/aromatic N) is 3. The molecular weight excluding hydrogens is 326 g/mol. The van der Waals surface area contributed by atoms with Gasteiger partial charge in [0.15, 0.2) is 11.4 Å². The van der Waals surface area contributed by atoms with E-state index in [0.29, 0.717) is 17.1 Å². The molecule has 0 fully saturated rings. The quantitative estimate of drug-likeness (QED) is 0.635. The summed E-state index contributed by atoms with van der Waals surface area (Å²) in [7, 11) is 1.77. The minimum Gasteiger partial charge on any atom is -0.406 e. The van der Waals surface area contributed by atoms with Gasteiger partial charge in [0.05, 0.1) is 0 Å². The molecule has 0 atom stereocenters. The van der Waals surface area contributed by atoms with E-state index in [2.05, 4.69) is 4.98 Å². The third-order valence-corrected chi connectivity index (χ3v) is 4.79. The van der Waals surface area contributed by atoms with E-state index in [1.807, 2.05) is 24.3 Å². The number of pyridine rings is 1. The maximum atomic E-state index is 13.0. The second kappa shape index (κ2) is 5.38. The van der Waals surface area contributed by atoms with Gasteiger partial charge in [0.25, 0.3) is 5.56 Å². The summed E-state index contributed by atoms with van der Waals surface area (Å²) in [6, 6.07) is 12.7. The van der Waals surface area contributed by atoms with Crippen LogP contribution in [0.3, 0.4) is 0 Å². The van der Waals surface area contributed by atoms with Gasteiger partial charge in [-0.05, 0) is 43.1 Å². The Morgan fingerprint density at radius 2 is 1.88 bits per heavy atom. The Labute approximate surface area is 141 Å². The largest absolute Gasteiger partial charge is 0.428 e. The standard InChI is InChI=1S/C17H13N3O3S/c1-10-6-5-9-13(18-10)20-16(21)14-15(23-17(20)22)11-7-3-4-8-12(11)24-19(14)2/h3-9H,1-2H3. The fourth-order valence-electron chi connectivity index (χ4n) is 2.71. The Bertz CT molecular complexity index is 1070. The summed E-state index contributed by atoms with van der Waals surface area (Å²) in [4.78, 5) is 30.6. The predicted molar refractivity (Wildman–Crippen MR) is 92.8 cm³/mol. The molecule has 7 heteroatoms. The SMILES string of the molecule is Cc1cccc(-n2c(=O)oc3c(c2=O)N(C)Sc2ccccc2-3)n1. The van der Waals surface area contributed by atoms with Crippen LogP contribution < -0.4 is 15.6 Å². The van der Waals surface area contributed by atoms with E-state index in [1.54, 1.807) is 36.5 Å². The van der Waals surface area contributed by atoms with Crippen molar-refractivity contribution in [3.8, 4) is 17.1 Å². The maximum absolute atomic E-state index is 13.0. The van der Waals surface area contributed by atoms with Crippen molar-refractivity contribution >= 4 is 17.6 Å². The van der Waals surface area contributed by atoms with Gasteiger partial charge in [-0.15, -0.1) is 0 Å². The molecular formula is C17H13N3O3S. The van der Waals surface area contributed by atoms with Gasteiger partial charge in [-0.25, -0.2) is 9.78 Å². The van der Waals surface area contributed by atoms with Crippen LogP contribution in [0.25, 0.3) is 17.1 Å². The molecule has 2 aromatic heterocycles. The lowest BCUT2D eigenvalue weighted by Gasteiger charge is -2.25. The summed E-state index contributed by atoms with van der Waals surface area (Å²) in [6.45, 7) is 1.80. The number of rotatable bonds is 1. The highest BCUT2D eigenvalue weighted by molar-refractivity contribution is 8.00. The van der Waals surface area contributed by atoms with Crippen LogP contribution in [0.15, 0.2) is 61.4 Å². The lowest BCUT2D eigenvalue weighted by molar-refractivity contribution is 0.469. The molecule has 0 amide bonds. The van der Waals surface area contributed by atoms with Crippen LogP contribution in [0.2, 0.25) is 0 Å². The first-order valence-electron chi connectivity index (χ1n) is 7.31. The number of hydrogen-bond acceptors (Lipinski definition) is 6. The van der Waals surface area contributed by atoms with Gasteiger partial charge in [-0.2, -0.15) is 4.57 Å². The molecule has 0 radical (unpaired) electrons. The monoisotopic (exact) mass is 339 g/mol. The van der Waals surface area contributed by atoms with E-state index in [9.17, 15) is 9.59 Å². The normalized spacial score (nSPS) is 12.7. The van der Waals surface area contributed by atoms with Crippen molar-refractivity contribution in [1.82, 2.24) is 9.55 Å². The van der Waals surface area contributed by atoms with Crippen LogP contribution in [-0.4, -0.2) is 16.6 Å². The molecule has 0 spiro atoms. The highest BCUT2D eigenvalue weighted by Gasteiger charge is 2.28. The first-order chi connectivity index (χ1) is 11.6. The van der Waals surface area contributed by atoms with E-state index in [0.717, 1.165) is 15.0 Å². The number of aromatic nitrogens is 2. The van der Waals surface area contributed by atoms with Gasteiger partial charge in [-0.1, -0.05) is 18.2 Å². The fraction of sp³-hybridized carbons (Fsp3) is 0.118. The fourth-order valence-corrected chi connectivity index (χ4v) is 3.65. The molecule has 0 saturated carbocycles. The van der Waals surface area contributed by atoms with E-state index in [1.165, 1.54) is 11.9 Å². The van der Waals surface area contributed by atoms with Gasteiger partial charge in [0.2, 0.25) is 0 Å². The third-order valence-electron chi connectivity index (χ3n) is 3.78. The molecule has 3 heterocycles. The van der Waals surface area contributed by atoms with Crippen molar-refractivity contribution in [2.24, 2.45) is 0 Å². The minimum atomic E-state index is -0.744. The van der Waals surface area contributed by atoms with Gasteiger partial charge in [-0.3, -0.25) is 4.79 Å². The second-order valence-corrected chi connectivity index (χ2v) is 6.58. The number of aryl methyl sites for hydroxylation is 1. The van der Waals surface area contributed by atoms with Gasteiger partial charge in [0.1, 0.15) is 5.82 Å². The Morgan fingerprint density at radius 3 is 2.67 bits per heavy atom. The van der Waals surface area contributed by atoms with Crippen LogP contribution in [0.1, 0.15) is 5.69 Å². The van der Waals surface area contributed by atoms with Crippen molar-refractivity contribution < 1.29 is 4.42 Å². The summed E-state index contributed by atoms with van der Waals surface area (Å²) in [6.07, 6.45) is 0. The van der Waals surface area contributed by atoms with Gasteiger partial charge >= 0.3 is 5.76 Å². The summed E-state index contributed by atoms with van der Waals surface area (Å²) >= 11 is 1.42. The highest BCUT2D eigenvalue weighted by Crippen LogP contribution is 2.42. The molecule has 4 rings (SSSR count). The number of anilines is 1. The van der Waals surface area contributed by atoms with Crippen molar-refractivity contribution in [2.45, 2.75) is 11.8 Å². The van der Waals surface area contributed by atoms with Gasteiger partial charge in [0, 0.05) is 23.2 Å². The zero-order valence-electron chi connectivity index (χ0n) is 13.0. The van der Waals surface area contributed by atoms with E-state index >= 15 is 0 Å². The van der Waals surface area contributed by atoms with Crippen LogP contribution in [-0.2, 0) is 0 Å². The number of benzene rings is 1. The topological polar surface area (TPSA) is 68.3 Å². The van der Waals surface area contributed by atoms with Crippen molar-refractivity contribution in [1.29, 1.82) is 0 Å². The smallest absolute Gasteiger partial charge is 0.406 e. The van der Waals surface area contributed by atoms with E-state index < -0.39 is 11.3 Å². The average molecular weight is 339 g/mol. The van der Waals surface area contributed by atoms with Gasteiger partial charge < -0.3 is 8.72 Å². The predicted octanol–water partition coefficient (Wildman–Crippen LogP) is 2.62. The number of hydrogen-bond donors (Lipinski definition) is 0. The molecule has 24 heavy (non-hydrogen) atoms. The molecule has 6 nitrogen and oxygen atoms in total. The third kappa shape index (κ3) is 2.16. The Hall–Kier alpha value is -2.80. The molecule has 3 aromatic rings. The summed E-state index contributed by atoms with van der Waals surface area (Å²) in [5, 5.41) is 0. The molecule has 1 aliphatic rings. The molecule has 0 N–H and O–H groups in total. The Morgan fingerprint density at radius 1 is 1.08 bits per heavy atom.